The van der Waals surface area contributed by atoms with Crippen molar-refractivity contribution in [3.63, 3.8) is 0 Å². The van der Waals surface area contributed by atoms with Gasteiger partial charge in [-0.3, -0.25) is 9.59 Å². The van der Waals surface area contributed by atoms with Crippen LogP contribution in [0.15, 0.2) is 0 Å². The van der Waals surface area contributed by atoms with Crippen molar-refractivity contribution in [1.29, 1.82) is 0 Å². The van der Waals surface area contributed by atoms with Crippen LogP contribution in [0.4, 0.5) is 0 Å². The first-order valence-electron chi connectivity index (χ1n) is 6.20. The summed E-state index contributed by atoms with van der Waals surface area (Å²) in [4.78, 5) is 27.0. The van der Waals surface area contributed by atoms with Gasteiger partial charge >= 0.3 is 0 Å². The predicted octanol–water partition coefficient (Wildman–Crippen LogP) is 0.0505. The molecule has 0 aliphatic carbocycles. The number of amides is 2. The zero-order valence-corrected chi connectivity index (χ0v) is 11.0. The van der Waals surface area contributed by atoms with E-state index < -0.39 is 6.04 Å². The molecule has 5 heteroatoms. The van der Waals surface area contributed by atoms with E-state index >= 15 is 0 Å². The number of nitrogens with zero attached hydrogens (tertiary/aromatic N) is 2. The second kappa shape index (κ2) is 6.00. The molecular formula is C12H23N3O2. The molecule has 1 fully saturated rings. The van der Waals surface area contributed by atoms with E-state index in [1.54, 1.807) is 16.8 Å². The second-order valence-electron chi connectivity index (χ2n) is 5.16. The highest BCUT2D eigenvalue weighted by molar-refractivity contribution is 5.87. The Morgan fingerprint density at radius 1 is 1.41 bits per heavy atom. The lowest BCUT2D eigenvalue weighted by molar-refractivity contribution is -0.139. The Kier molecular flexibility index (Phi) is 4.93. The van der Waals surface area contributed by atoms with Gasteiger partial charge in [-0.05, 0) is 18.8 Å². The van der Waals surface area contributed by atoms with Crippen molar-refractivity contribution in [3.8, 4) is 0 Å². The number of carbonyl (C=O) groups is 2. The average Bonchev–Trinajstić information content (AvgIpc) is 2.40. The first-order valence-corrected chi connectivity index (χ1v) is 6.20. The third kappa shape index (κ3) is 4.00. The lowest BCUT2D eigenvalue weighted by Gasteiger charge is -2.24. The molecule has 0 saturated carbocycles. The highest BCUT2D eigenvalue weighted by atomic mass is 16.2. The Bertz CT molecular complexity index is 291. The van der Waals surface area contributed by atoms with Crippen molar-refractivity contribution < 1.29 is 9.59 Å². The van der Waals surface area contributed by atoms with Gasteiger partial charge in [-0.1, -0.05) is 13.8 Å². The highest BCUT2D eigenvalue weighted by Crippen LogP contribution is 2.09. The van der Waals surface area contributed by atoms with E-state index in [9.17, 15) is 9.59 Å². The maximum Gasteiger partial charge on any atom is 0.241 e. The van der Waals surface area contributed by atoms with Crippen molar-refractivity contribution in [2.45, 2.75) is 32.7 Å². The normalized spacial score (nSPS) is 19.5. The minimum Gasteiger partial charge on any atom is -0.344 e. The Morgan fingerprint density at radius 2 is 2.06 bits per heavy atom. The van der Waals surface area contributed by atoms with Gasteiger partial charge in [0, 0.05) is 20.1 Å². The Labute approximate surface area is 103 Å². The summed E-state index contributed by atoms with van der Waals surface area (Å²) in [7, 11) is 1.77. The van der Waals surface area contributed by atoms with Crippen LogP contribution in [0.2, 0.25) is 0 Å². The third-order valence-corrected chi connectivity index (χ3v) is 3.03. The molecule has 0 bridgehead atoms. The standard InChI is InChI=1S/C12H23N3O2/c1-9(2)7-10(13)12(17)15-6-4-5-14(3)11(16)8-15/h9-10H,4-8,13H2,1-3H3/t10-/m1/s1. The Hall–Kier alpha value is -1.10. The van der Waals surface area contributed by atoms with E-state index in [4.69, 9.17) is 5.73 Å². The van der Waals surface area contributed by atoms with Gasteiger partial charge in [0.05, 0.1) is 12.6 Å². The fraction of sp³-hybridized carbons (Fsp3) is 0.833. The summed E-state index contributed by atoms with van der Waals surface area (Å²) in [6.45, 7) is 5.58. The molecule has 0 radical (unpaired) electrons. The van der Waals surface area contributed by atoms with Crippen LogP contribution in [-0.4, -0.2) is 54.3 Å². The number of hydrogen-bond donors (Lipinski definition) is 1. The molecule has 1 aliphatic heterocycles. The Morgan fingerprint density at radius 3 is 2.65 bits per heavy atom. The molecular weight excluding hydrogens is 218 g/mol. The SMILES string of the molecule is CC(C)C[C@@H](N)C(=O)N1CCCN(C)C(=O)C1. The summed E-state index contributed by atoms with van der Waals surface area (Å²) in [6.07, 6.45) is 1.49. The van der Waals surface area contributed by atoms with Crippen LogP contribution in [0.1, 0.15) is 26.7 Å². The van der Waals surface area contributed by atoms with E-state index in [1.165, 1.54) is 0 Å². The van der Waals surface area contributed by atoms with Crippen molar-refractivity contribution in [3.05, 3.63) is 0 Å². The van der Waals surface area contributed by atoms with E-state index in [-0.39, 0.29) is 18.4 Å². The van der Waals surface area contributed by atoms with Gasteiger partial charge in [0.1, 0.15) is 0 Å². The van der Waals surface area contributed by atoms with Crippen LogP contribution in [0, 0.1) is 5.92 Å². The Balaban J connectivity index is 2.59. The smallest absolute Gasteiger partial charge is 0.241 e. The molecule has 0 aromatic heterocycles. The topological polar surface area (TPSA) is 66.6 Å². The third-order valence-electron chi connectivity index (χ3n) is 3.03. The van der Waals surface area contributed by atoms with Crippen LogP contribution in [0.25, 0.3) is 0 Å². The van der Waals surface area contributed by atoms with Gasteiger partial charge in [-0.25, -0.2) is 0 Å². The van der Waals surface area contributed by atoms with Gasteiger partial charge in [0.2, 0.25) is 11.8 Å². The first-order chi connectivity index (χ1) is 7.91. The molecule has 98 valence electrons. The maximum atomic E-state index is 12.1. The maximum absolute atomic E-state index is 12.1. The molecule has 0 aromatic carbocycles. The number of nitrogens with two attached hydrogens (primary N) is 1. The zero-order valence-electron chi connectivity index (χ0n) is 11.0. The summed E-state index contributed by atoms with van der Waals surface area (Å²) < 4.78 is 0. The van der Waals surface area contributed by atoms with Gasteiger partial charge in [-0.2, -0.15) is 0 Å². The van der Waals surface area contributed by atoms with Crippen LogP contribution < -0.4 is 5.73 Å². The molecule has 0 unspecified atom stereocenters. The van der Waals surface area contributed by atoms with Crippen LogP contribution in [-0.2, 0) is 9.59 Å². The predicted molar refractivity (Wildman–Crippen MR) is 66.3 cm³/mol. The van der Waals surface area contributed by atoms with Crippen LogP contribution in [0.5, 0.6) is 0 Å². The molecule has 1 atom stereocenters. The van der Waals surface area contributed by atoms with Crippen molar-refractivity contribution in [2.24, 2.45) is 11.7 Å². The van der Waals surface area contributed by atoms with Crippen molar-refractivity contribution in [1.82, 2.24) is 9.80 Å². The summed E-state index contributed by atoms with van der Waals surface area (Å²) >= 11 is 0. The largest absolute Gasteiger partial charge is 0.344 e. The molecule has 0 aromatic rings. The molecule has 17 heavy (non-hydrogen) atoms. The number of carbonyl (C=O) groups excluding carboxylic acids is 2. The molecule has 2 amide bonds. The molecule has 5 nitrogen and oxygen atoms in total. The summed E-state index contributed by atoms with van der Waals surface area (Å²) in [6, 6.07) is -0.480. The van der Waals surface area contributed by atoms with Crippen molar-refractivity contribution in [2.75, 3.05) is 26.7 Å². The fourth-order valence-electron chi connectivity index (χ4n) is 2.02. The van der Waals surface area contributed by atoms with Gasteiger partial charge in [-0.15, -0.1) is 0 Å². The van der Waals surface area contributed by atoms with Gasteiger partial charge < -0.3 is 15.5 Å². The number of likely N-dealkylation sites (N-methyl/N-ethyl adjacent to an activating group) is 1. The first kappa shape index (κ1) is 14.0. The van der Waals surface area contributed by atoms with E-state index in [0.717, 1.165) is 6.42 Å². The van der Waals surface area contributed by atoms with Gasteiger partial charge in [0.25, 0.3) is 0 Å². The molecule has 1 saturated heterocycles. The molecule has 1 aliphatic rings. The molecule has 0 spiro atoms. The number of hydrogen-bond acceptors (Lipinski definition) is 3. The fourth-order valence-corrected chi connectivity index (χ4v) is 2.02. The highest BCUT2D eigenvalue weighted by Gasteiger charge is 2.26. The van der Waals surface area contributed by atoms with Gasteiger partial charge in [0.15, 0.2) is 0 Å². The van der Waals surface area contributed by atoms with E-state index in [0.29, 0.717) is 25.4 Å². The summed E-state index contributed by atoms with van der Waals surface area (Å²) in [5.74, 6) is 0.286. The minimum atomic E-state index is -0.480. The molecule has 2 N–H and O–H groups in total. The van der Waals surface area contributed by atoms with Crippen molar-refractivity contribution >= 4 is 11.8 Å². The minimum absolute atomic E-state index is 0.00685. The second-order valence-corrected chi connectivity index (χ2v) is 5.16. The van der Waals surface area contributed by atoms with Crippen LogP contribution >= 0.6 is 0 Å². The molecule has 1 rings (SSSR count). The lowest BCUT2D eigenvalue weighted by atomic mass is 10.0. The quantitative estimate of drug-likeness (QED) is 0.759. The number of rotatable bonds is 3. The zero-order chi connectivity index (χ0) is 13.0. The monoisotopic (exact) mass is 241 g/mol. The summed E-state index contributed by atoms with van der Waals surface area (Å²) in [5.41, 5.74) is 5.86. The van der Waals surface area contributed by atoms with Crippen LogP contribution in [0.3, 0.4) is 0 Å². The van der Waals surface area contributed by atoms with E-state index in [2.05, 4.69) is 0 Å². The average molecular weight is 241 g/mol. The summed E-state index contributed by atoms with van der Waals surface area (Å²) in [5, 5.41) is 0. The lowest BCUT2D eigenvalue weighted by Crippen LogP contribution is -2.46. The molecule has 1 heterocycles. The van der Waals surface area contributed by atoms with E-state index in [1.807, 2.05) is 13.8 Å².